The van der Waals surface area contributed by atoms with Gasteiger partial charge in [-0.15, -0.1) is 0 Å². The van der Waals surface area contributed by atoms with E-state index in [0.29, 0.717) is 0 Å². The van der Waals surface area contributed by atoms with Crippen molar-refractivity contribution < 1.29 is 0 Å². The maximum absolute atomic E-state index is 4.06. The van der Waals surface area contributed by atoms with Crippen LogP contribution in [0.3, 0.4) is 0 Å². The van der Waals surface area contributed by atoms with Gasteiger partial charge in [-0.3, -0.25) is 0 Å². The van der Waals surface area contributed by atoms with Crippen molar-refractivity contribution in [2.45, 2.75) is 0 Å². The van der Waals surface area contributed by atoms with Gasteiger partial charge in [0.2, 0.25) is 0 Å². The van der Waals surface area contributed by atoms with Crippen molar-refractivity contribution in [2.75, 3.05) is 29.3 Å². The van der Waals surface area contributed by atoms with Gasteiger partial charge in [0.15, 0.2) is 0 Å². The quantitative estimate of drug-likeness (QED) is 0.392. The summed E-state index contributed by atoms with van der Waals surface area (Å²) in [6.07, 6.45) is 6.41. The molecule has 0 radical (unpaired) electrons. The van der Waals surface area contributed by atoms with Crippen molar-refractivity contribution in [1.29, 1.82) is 0 Å². The molecule has 0 aromatic rings. The van der Waals surface area contributed by atoms with Gasteiger partial charge in [0.1, 0.15) is 0 Å². The second-order valence-corrected chi connectivity index (χ2v) is 4.22. The fourth-order valence-corrected chi connectivity index (χ4v) is 2.16. The molecule has 0 saturated carbocycles. The zero-order valence-electron chi connectivity index (χ0n) is 6.25. The van der Waals surface area contributed by atoms with Gasteiger partial charge in [-0.1, -0.05) is 12.2 Å². The summed E-state index contributed by atoms with van der Waals surface area (Å²) in [7, 11) is 0. The summed E-state index contributed by atoms with van der Waals surface area (Å²) in [5, 5.41) is 0. The topological polar surface area (TPSA) is 0 Å². The first-order valence-electron chi connectivity index (χ1n) is 3.24. The lowest BCUT2D eigenvalue weighted by molar-refractivity contribution is 1.54. The van der Waals surface area contributed by atoms with E-state index in [1.54, 1.807) is 0 Å². The molecular weight excluding hydrogens is 180 g/mol. The van der Waals surface area contributed by atoms with Crippen LogP contribution in [0.25, 0.3) is 0 Å². The second-order valence-electron chi connectivity index (χ2n) is 1.72. The predicted molar refractivity (Wildman–Crippen MR) is 58.7 cm³/mol. The second kappa shape index (κ2) is 9.79. The van der Waals surface area contributed by atoms with E-state index < -0.39 is 0 Å². The Kier molecular flexibility index (Phi) is 10.6. The maximum Gasteiger partial charge on any atom is 0.0113 e. The van der Waals surface area contributed by atoms with Crippen LogP contribution >= 0.6 is 36.2 Å². The van der Waals surface area contributed by atoms with E-state index in [1.165, 1.54) is 11.5 Å². The number of thioether (sulfide) groups is 2. The molecule has 0 unspecified atom stereocenters. The Hall–Kier alpha value is 0.790. The minimum atomic E-state index is 0.864. The van der Waals surface area contributed by atoms with Gasteiger partial charge in [0.25, 0.3) is 0 Å². The van der Waals surface area contributed by atoms with E-state index in [2.05, 4.69) is 31.0 Å². The Morgan fingerprint density at radius 3 is 2.70 bits per heavy atom. The van der Waals surface area contributed by atoms with Crippen molar-refractivity contribution in [3.8, 4) is 0 Å². The molecule has 0 saturated heterocycles. The highest BCUT2D eigenvalue weighted by Gasteiger charge is 1.82. The summed E-state index contributed by atoms with van der Waals surface area (Å²) in [5.41, 5.74) is 0. The molecule has 0 aromatic heterocycles. The molecule has 0 fully saturated rings. The first kappa shape index (κ1) is 10.8. The molecule has 0 bridgehead atoms. The summed E-state index contributed by atoms with van der Waals surface area (Å²) < 4.78 is 0. The van der Waals surface area contributed by atoms with Crippen molar-refractivity contribution in [3.63, 3.8) is 0 Å². The van der Waals surface area contributed by atoms with Crippen LogP contribution in [-0.4, -0.2) is 29.3 Å². The van der Waals surface area contributed by atoms with Crippen LogP contribution in [0.5, 0.6) is 0 Å². The fraction of sp³-hybridized carbons (Fsp3) is 0.714. The Bertz CT molecular complexity index is 80.9. The largest absolute Gasteiger partial charge is 0.175 e. The van der Waals surface area contributed by atoms with Crippen LogP contribution in [-0.2, 0) is 0 Å². The molecule has 10 heavy (non-hydrogen) atoms. The molecule has 0 amide bonds. The third-order valence-electron chi connectivity index (χ3n) is 0.918. The zero-order chi connectivity index (χ0) is 7.66. The zero-order valence-corrected chi connectivity index (χ0v) is 8.77. The van der Waals surface area contributed by atoms with Gasteiger partial charge in [-0.05, 0) is 6.26 Å². The minimum absolute atomic E-state index is 0.864. The number of hydrogen-bond acceptors (Lipinski definition) is 3. The van der Waals surface area contributed by atoms with Crippen LogP contribution in [0.4, 0.5) is 0 Å². The van der Waals surface area contributed by atoms with Crippen LogP contribution in [0, 0.1) is 0 Å². The van der Waals surface area contributed by atoms with E-state index >= 15 is 0 Å². The molecule has 0 nitrogen and oxygen atoms in total. The fourth-order valence-electron chi connectivity index (χ4n) is 0.436. The third-order valence-corrected chi connectivity index (χ3v) is 2.92. The van der Waals surface area contributed by atoms with Crippen molar-refractivity contribution in [3.05, 3.63) is 12.2 Å². The molecule has 0 aliphatic rings. The van der Waals surface area contributed by atoms with Crippen LogP contribution in [0.15, 0.2) is 12.2 Å². The van der Waals surface area contributed by atoms with Crippen molar-refractivity contribution >= 4 is 36.2 Å². The highest BCUT2D eigenvalue weighted by atomic mass is 32.2. The van der Waals surface area contributed by atoms with E-state index in [1.807, 2.05) is 23.5 Å². The first-order chi connectivity index (χ1) is 4.91. The average molecular weight is 194 g/mol. The van der Waals surface area contributed by atoms with Gasteiger partial charge >= 0.3 is 0 Å². The Balaban J connectivity index is 2.83. The van der Waals surface area contributed by atoms with Gasteiger partial charge in [-0.2, -0.15) is 36.2 Å². The standard InChI is InChI=1S/C7H14S3/c1-9-6-7-10-5-3-2-4-8/h2-3,8H,4-7H2,1H3/b3-2+. The predicted octanol–water partition coefficient (Wildman–Crippen LogP) is 2.57. The van der Waals surface area contributed by atoms with Crippen LogP contribution in [0.1, 0.15) is 0 Å². The van der Waals surface area contributed by atoms with Crippen molar-refractivity contribution in [1.82, 2.24) is 0 Å². The smallest absolute Gasteiger partial charge is 0.0113 e. The first-order valence-corrected chi connectivity index (χ1v) is 6.42. The highest BCUT2D eigenvalue weighted by molar-refractivity contribution is 8.02. The molecule has 0 spiro atoms. The lowest BCUT2D eigenvalue weighted by Gasteiger charge is -1.93. The van der Waals surface area contributed by atoms with E-state index in [9.17, 15) is 0 Å². The minimum Gasteiger partial charge on any atom is -0.175 e. The molecular formula is C7H14S3. The van der Waals surface area contributed by atoms with Crippen molar-refractivity contribution in [2.24, 2.45) is 0 Å². The van der Waals surface area contributed by atoms with Crippen LogP contribution in [0.2, 0.25) is 0 Å². The molecule has 0 aliphatic heterocycles. The maximum atomic E-state index is 4.06. The van der Waals surface area contributed by atoms with Gasteiger partial charge in [0.05, 0.1) is 0 Å². The lowest BCUT2D eigenvalue weighted by atomic mass is 10.6. The summed E-state index contributed by atoms with van der Waals surface area (Å²) in [4.78, 5) is 0. The molecule has 60 valence electrons. The SMILES string of the molecule is CSCCSC/C=C/CS. The molecule has 3 heteroatoms. The molecule has 0 N–H and O–H groups in total. The monoisotopic (exact) mass is 194 g/mol. The molecule has 0 atom stereocenters. The van der Waals surface area contributed by atoms with E-state index in [4.69, 9.17) is 0 Å². The molecule has 0 aliphatic carbocycles. The third kappa shape index (κ3) is 8.79. The van der Waals surface area contributed by atoms with Gasteiger partial charge in [0, 0.05) is 23.0 Å². The summed E-state index contributed by atoms with van der Waals surface area (Å²) in [6.45, 7) is 0. The van der Waals surface area contributed by atoms with Crippen LogP contribution < -0.4 is 0 Å². The molecule has 0 rings (SSSR count). The number of rotatable bonds is 6. The summed E-state index contributed by atoms with van der Waals surface area (Å²) >= 11 is 7.95. The molecule has 0 heterocycles. The van der Waals surface area contributed by atoms with E-state index in [0.717, 1.165) is 11.5 Å². The lowest BCUT2D eigenvalue weighted by Crippen LogP contribution is -1.82. The normalized spacial score (nSPS) is 11.0. The van der Waals surface area contributed by atoms with E-state index in [-0.39, 0.29) is 0 Å². The Morgan fingerprint density at radius 2 is 2.10 bits per heavy atom. The summed E-state index contributed by atoms with van der Waals surface area (Å²) in [5.74, 6) is 4.53. The Labute approximate surface area is 77.6 Å². The van der Waals surface area contributed by atoms with Gasteiger partial charge in [-0.25, -0.2) is 0 Å². The Morgan fingerprint density at radius 1 is 1.30 bits per heavy atom. The highest BCUT2D eigenvalue weighted by Crippen LogP contribution is 2.03. The average Bonchev–Trinajstić information content (AvgIpc) is 1.97. The molecule has 0 aromatic carbocycles. The number of thiol groups is 1. The van der Waals surface area contributed by atoms with Gasteiger partial charge < -0.3 is 0 Å². The number of hydrogen-bond donors (Lipinski definition) is 1. The summed E-state index contributed by atoms with van der Waals surface area (Å²) in [6, 6.07) is 0.